The van der Waals surface area contributed by atoms with Gasteiger partial charge in [-0.3, -0.25) is 4.79 Å². The summed E-state index contributed by atoms with van der Waals surface area (Å²) in [6.45, 7) is 3.50. The molecule has 2 nitrogen and oxygen atoms in total. The number of esters is 1. The minimum absolute atomic E-state index is 0.215. The van der Waals surface area contributed by atoms with Crippen LogP contribution in [0.2, 0.25) is 0 Å². The number of alkyl halides is 2. The lowest BCUT2D eigenvalue weighted by Crippen LogP contribution is -2.26. The summed E-state index contributed by atoms with van der Waals surface area (Å²) >= 11 is 0. The van der Waals surface area contributed by atoms with Crippen LogP contribution in [0.4, 0.5) is 22.0 Å². The molecule has 0 radical (unpaired) electrons. The van der Waals surface area contributed by atoms with Crippen molar-refractivity contribution in [3.63, 3.8) is 0 Å². The lowest BCUT2D eigenvalue weighted by atomic mass is 10.1. The summed E-state index contributed by atoms with van der Waals surface area (Å²) in [5.41, 5.74) is -0.873. The number of rotatable bonds is 4. The van der Waals surface area contributed by atoms with Crippen molar-refractivity contribution in [2.45, 2.75) is 32.8 Å². The van der Waals surface area contributed by atoms with Gasteiger partial charge >= 0.3 is 12.1 Å². The van der Waals surface area contributed by atoms with Crippen molar-refractivity contribution in [3.8, 4) is 0 Å². The van der Waals surface area contributed by atoms with E-state index in [1.807, 2.05) is 6.08 Å². The number of hydrogen-bond acceptors (Lipinski definition) is 2. The molecule has 2 fully saturated rings. The molecule has 0 heterocycles. The van der Waals surface area contributed by atoms with Gasteiger partial charge in [0.25, 0.3) is 0 Å². The number of carbonyl (C=O) groups is 1. The molecular weight excluding hydrogens is 331 g/mol. The molecule has 2 atom stereocenters. The van der Waals surface area contributed by atoms with Gasteiger partial charge in [0.2, 0.25) is 0 Å². The Balaban J connectivity index is 1.79. The molecule has 1 aromatic rings. The third kappa shape index (κ3) is 2.80. The van der Waals surface area contributed by atoms with Crippen LogP contribution in [0, 0.1) is 34.7 Å². The van der Waals surface area contributed by atoms with Gasteiger partial charge in [0, 0.05) is 0 Å². The van der Waals surface area contributed by atoms with Gasteiger partial charge in [-0.2, -0.15) is 8.78 Å². The van der Waals surface area contributed by atoms with Crippen molar-refractivity contribution in [1.82, 2.24) is 0 Å². The number of halogens is 5. The fourth-order valence-electron chi connectivity index (χ4n) is 2.93. The second kappa shape index (κ2) is 5.29. The summed E-state index contributed by atoms with van der Waals surface area (Å²) in [5.74, 6) is -7.88. The van der Waals surface area contributed by atoms with Gasteiger partial charge in [-0.15, -0.1) is 0 Å². The Morgan fingerprint density at radius 3 is 2.42 bits per heavy atom. The van der Waals surface area contributed by atoms with Gasteiger partial charge in [-0.05, 0) is 36.3 Å². The highest BCUT2D eigenvalue weighted by atomic mass is 19.3. The highest BCUT2D eigenvalue weighted by molar-refractivity contribution is 5.78. The zero-order valence-electron chi connectivity index (χ0n) is 13.0. The van der Waals surface area contributed by atoms with Crippen LogP contribution in [-0.2, 0) is 15.6 Å². The number of allylic oxidation sites excluding steroid dienone is 2. The standard InChI is InChI=1S/C17H15F5O2/c1-16(2)10(7-8-3-4-8)12(16)15(23)24-17(21,22)9-5-6-11(18)14(20)13(9)19/h5-7,10,12H,3-4H2,1-2H3. The summed E-state index contributed by atoms with van der Waals surface area (Å²) in [5, 5.41) is 0. The molecule has 130 valence electrons. The van der Waals surface area contributed by atoms with Crippen LogP contribution in [0.3, 0.4) is 0 Å². The minimum Gasteiger partial charge on any atom is -0.397 e. The maximum Gasteiger partial charge on any atom is 0.431 e. The zero-order valence-corrected chi connectivity index (χ0v) is 13.0. The minimum atomic E-state index is -4.38. The molecule has 0 bridgehead atoms. The van der Waals surface area contributed by atoms with Crippen LogP contribution in [-0.4, -0.2) is 5.97 Å². The summed E-state index contributed by atoms with van der Waals surface area (Å²) in [6.07, 6.45) is -0.622. The first-order valence-electron chi connectivity index (χ1n) is 7.50. The Bertz CT molecular complexity index is 733. The topological polar surface area (TPSA) is 26.3 Å². The maximum atomic E-state index is 14.0. The first kappa shape index (κ1) is 16.9. The van der Waals surface area contributed by atoms with E-state index >= 15 is 0 Å². The average Bonchev–Trinajstić information content (AvgIpc) is 3.35. The third-order valence-electron chi connectivity index (χ3n) is 4.70. The summed E-state index contributed by atoms with van der Waals surface area (Å²) in [6, 6.07) is 0.722. The zero-order chi connectivity index (χ0) is 17.9. The van der Waals surface area contributed by atoms with Crippen LogP contribution >= 0.6 is 0 Å². The third-order valence-corrected chi connectivity index (χ3v) is 4.70. The predicted molar refractivity (Wildman–Crippen MR) is 74.4 cm³/mol. The van der Waals surface area contributed by atoms with E-state index in [0.29, 0.717) is 12.1 Å². The molecule has 2 unspecified atom stereocenters. The van der Waals surface area contributed by atoms with E-state index in [4.69, 9.17) is 0 Å². The van der Waals surface area contributed by atoms with Gasteiger partial charge in [0.05, 0.1) is 5.92 Å². The fraction of sp³-hybridized carbons (Fsp3) is 0.471. The SMILES string of the molecule is CC1(C)C(C=C2CC2)C1C(=O)OC(F)(F)c1ccc(F)c(F)c1F. The van der Waals surface area contributed by atoms with Crippen molar-refractivity contribution in [1.29, 1.82) is 0 Å². The molecule has 24 heavy (non-hydrogen) atoms. The molecule has 0 spiro atoms. The van der Waals surface area contributed by atoms with E-state index < -0.39 is 46.4 Å². The Morgan fingerprint density at radius 1 is 1.21 bits per heavy atom. The number of carbonyl (C=O) groups excluding carboxylic acids is 1. The number of benzene rings is 1. The van der Waals surface area contributed by atoms with Crippen molar-refractivity contribution in [2.75, 3.05) is 0 Å². The molecule has 0 aromatic heterocycles. The van der Waals surface area contributed by atoms with E-state index in [9.17, 15) is 26.7 Å². The van der Waals surface area contributed by atoms with Crippen LogP contribution in [0.15, 0.2) is 23.8 Å². The lowest BCUT2D eigenvalue weighted by Gasteiger charge is -2.18. The van der Waals surface area contributed by atoms with E-state index in [2.05, 4.69) is 4.74 Å². The Labute approximate surface area is 135 Å². The summed E-state index contributed by atoms with van der Waals surface area (Å²) < 4.78 is 71.8. The molecule has 0 saturated heterocycles. The van der Waals surface area contributed by atoms with E-state index in [-0.39, 0.29) is 5.92 Å². The van der Waals surface area contributed by atoms with E-state index in [0.717, 1.165) is 12.8 Å². The second-order valence-electron chi connectivity index (χ2n) is 6.81. The fourth-order valence-corrected chi connectivity index (χ4v) is 2.93. The molecular formula is C17H15F5O2. The predicted octanol–water partition coefficient (Wildman–Crippen LogP) is 4.69. The van der Waals surface area contributed by atoms with Crippen LogP contribution in [0.1, 0.15) is 32.3 Å². The Morgan fingerprint density at radius 2 is 1.83 bits per heavy atom. The lowest BCUT2D eigenvalue weighted by molar-refractivity contribution is -0.243. The molecule has 0 N–H and O–H groups in total. The normalized spacial score (nSPS) is 24.5. The van der Waals surface area contributed by atoms with Crippen molar-refractivity contribution < 1.29 is 31.5 Å². The van der Waals surface area contributed by atoms with Crippen LogP contribution < -0.4 is 0 Å². The molecule has 1 aromatic carbocycles. The second-order valence-corrected chi connectivity index (χ2v) is 6.81. The molecule has 2 aliphatic rings. The van der Waals surface area contributed by atoms with Crippen LogP contribution in [0.25, 0.3) is 0 Å². The van der Waals surface area contributed by atoms with Gasteiger partial charge < -0.3 is 4.74 Å². The van der Waals surface area contributed by atoms with Crippen molar-refractivity contribution >= 4 is 5.97 Å². The monoisotopic (exact) mass is 346 g/mol. The average molecular weight is 346 g/mol. The summed E-state index contributed by atoms with van der Waals surface area (Å²) in [7, 11) is 0. The van der Waals surface area contributed by atoms with Crippen molar-refractivity contribution in [2.24, 2.45) is 17.3 Å². The first-order chi connectivity index (χ1) is 11.1. The quantitative estimate of drug-likeness (QED) is 0.342. The van der Waals surface area contributed by atoms with E-state index in [1.165, 1.54) is 5.57 Å². The highest BCUT2D eigenvalue weighted by Crippen LogP contribution is 2.61. The Kier molecular flexibility index (Phi) is 3.73. The number of hydrogen-bond donors (Lipinski definition) is 0. The molecule has 2 saturated carbocycles. The van der Waals surface area contributed by atoms with E-state index in [1.54, 1.807) is 13.8 Å². The van der Waals surface area contributed by atoms with Gasteiger partial charge in [0.15, 0.2) is 17.5 Å². The molecule has 3 rings (SSSR count). The smallest absolute Gasteiger partial charge is 0.397 e. The highest BCUT2D eigenvalue weighted by Gasteiger charge is 2.63. The van der Waals surface area contributed by atoms with Gasteiger partial charge in [0.1, 0.15) is 5.56 Å². The maximum absolute atomic E-state index is 14.0. The van der Waals surface area contributed by atoms with Crippen molar-refractivity contribution in [3.05, 3.63) is 46.8 Å². The summed E-state index contributed by atoms with van der Waals surface area (Å²) in [4.78, 5) is 12.1. The largest absolute Gasteiger partial charge is 0.431 e. The Hall–Kier alpha value is -1.92. The first-order valence-corrected chi connectivity index (χ1v) is 7.50. The van der Waals surface area contributed by atoms with Crippen LogP contribution in [0.5, 0.6) is 0 Å². The molecule has 7 heteroatoms. The number of ether oxygens (including phenoxy) is 1. The van der Waals surface area contributed by atoms with Gasteiger partial charge in [-0.25, -0.2) is 13.2 Å². The molecule has 0 aliphatic heterocycles. The molecule has 2 aliphatic carbocycles. The molecule has 0 amide bonds. The van der Waals surface area contributed by atoms with Gasteiger partial charge in [-0.1, -0.05) is 25.5 Å².